The van der Waals surface area contributed by atoms with Gasteiger partial charge in [0, 0.05) is 23.4 Å². The Hall–Kier alpha value is -3.54. The Kier molecular flexibility index (Phi) is 3.90. The van der Waals surface area contributed by atoms with Crippen LogP contribution in [0.15, 0.2) is 60.9 Å². The van der Waals surface area contributed by atoms with Gasteiger partial charge in [0.25, 0.3) is 5.91 Å². The van der Waals surface area contributed by atoms with Gasteiger partial charge in [-0.25, -0.2) is 4.98 Å². The van der Waals surface area contributed by atoms with Gasteiger partial charge in [-0.15, -0.1) is 0 Å². The number of ether oxygens (including phenoxy) is 1. The summed E-state index contributed by atoms with van der Waals surface area (Å²) < 4.78 is 5.28. The Labute approximate surface area is 162 Å². The molecule has 0 fully saturated rings. The summed E-state index contributed by atoms with van der Waals surface area (Å²) in [5.74, 6) is 0.815. The Morgan fingerprint density at radius 1 is 1.18 bits per heavy atom. The second kappa shape index (κ2) is 6.56. The number of hydrogen-bond donors (Lipinski definition) is 2. The monoisotopic (exact) mass is 372 g/mol. The first-order chi connectivity index (χ1) is 13.7. The molecular weight excluding hydrogens is 352 g/mol. The Morgan fingerprint density at radius 3 is 2.86 bits per heavy atom. The molecule has 6 heteroatoms. The van der Waals surface area contributed by atoms with Gasteiger partial charge < -0.3 is 19.6 Å². The van der Waals surface area contributed by atoms with E-state index < -0.39 is 0 Å². The predicted molar refractivity (Wildman–Crippen MR) is 106 cm³/mol. The van der Waals surface area contributed by atoms with Crippen molar-refractivity contribution in [3.63, 3.8) is 0 Å². The maximum atomic E-state index is 13.3. The van der Waals surface area contributed by atoms with E-state index in [1.165, 1.54) is 0 Å². The average molecular weight is 372 g/mol. The number of rotatable bonds is 3. The molecule has 1 unspecified atom stereocenters. The highest BCUT2D eigenvalue weighted by Gasteiger charge is 2.32. The van der Waals surface area contributed by atoms with Crippen molar-refractivity contribution in [2.45, 2.75) is 12.5 Å². The van der Waals surface area contributed by atoms with E-state index in [4.69, 9.17) is 4.74 Å². The van der Waals surface area contributed by atoms with Gasteiger partial charge >= 0.3 is 0 Å². The fourth-order valence-electron chi connectivity index (χ4n) is 3.95. The summed E-state index contributed by atoms with van der Waals surface area (Å²) in [7, 11) is 1.64. The van der Waals surface area contributed by atoms with Crippen LogP contribution in [0, 0.1) is 0 Å². The number of imidazole rings is 1. The Bertz CT molecular complexity index is 1150. The van der Waals surface area contributed by atoms with Crippen LogP contribution in [-0.4, -0.2) is 39.4 Å². The molecular formula is C22H20N4O2. The molecule has 2 aromatic carbocycles. The molecule has 2 aromatic heterocycles. The van der Waals surface area contributed by atoms with Crippen molar-refractivity contribution >= 4 is 16.8 Å². The van der Waals surface area contributed by atoms with Gasteiger partial charge in [-0.2, -0.15) is 0 Å². The second-order valence-electron chi connectivity index (χ2n) is 7.05. The first-order valence-electron chi connectivity index (χ1n) is 9.26. The van der Waals surface area contributed by atoms with E-state index in [1.807, 2.05) is 47.4 Å². The quantitative estimate of drug-likeness (QED) is 0.576. The summed E-state index contributed by atoms with van der Waals surface area (Å²) in [6.45, 7) is 1.12. The molecule has 6 nitrogen and oxygen atoms in total. The van der Waals surface area contributed by atoms with E-state index in [0.29, 0.717) is 18.8 Å². The van der Waals surface area contributed by atoms with Crippen LogP contribution in [0.1, 0.15) is 33.4 Å². The molecule has 0 bridgehead atoms. The zero-order chi connectivity index (χ0) is 19.1. The van der Waals surface area contributed by atoms with Gasteiger partial charge in [0.05, 0.1) is 31.4 Å². The zero-order valence-electron chi connectivity index (χ0n) is 15.5. The highest BCUT2D eigenvalue weighted by atomic mass is 16.5. The van der Waals surface area contributed by atoms with Crippen molar-refractivity contribution in [2.24, 2.45) is 0 Å². The minimum absolute atomic E-state index is 0.0173. The van der Waals surface area contributed by atoms with Crippen LogP contribution < -0.4 is 4.74 Å². The molecule has 1 amide bonds. The van der Waals surface area contributed by atoms with E-state index in [1.54, 1.807) is 13.4 Å². The number of benzene rings is 2. The smallest absolute Gasteiger partial charge is 0.270 e. The summed E-state index contributed by atoms with van der Waals surface area (Å²) in [6.07, 6.45) is 1.71. The minimum Gasteiger partial charge on any atom is -0.497 e. The van der Waals surface area contributed by atoms with Crippen LogP contribution >= 0.6 is 0 Å². The lowest BCUT2D eigenvalue weighted by molar-refractivity contribution is 0.0717. The largest absolute Gasteiger partial charge is 0.497 e. The standard InChI is InChI=1S/C22H20N4O2/c1-28-16-7-8-18-15(9-16)10-19(25-18)22(27)26-11-17(14-5-3-2-4-6-14)21-20(12-26)23-13-24-21/h2-10,13,17,25H,11-12H2,1H3,(H,23,24). The molecule has 5 rings (SSSR count). The van der Waals surface area contributed by atoms with Crippen LogP contribution in [0.25, 0.3) is 10.9 Å². The van der Waals surface area contributed by atoms with E-state index in [0.717, 1.165) is 33.6 Å². The summed E-state index contributed by atoms with van der Waals surface area (Å²) in [6, 6.07) is 17.9. The highest BCUT2D eigenvalue weighted by Crippen LogP contribution is 2.32. The number of hydrogen-bond acceptors (Lipinski definition) is 3. The molecule has 3 heterocycles. The molecule has 1 atom stereocenters. The summed E-state index contributed by atoms with van der Waals surface area (Å²) in [4.78, 5) is 26.1. The third kappa shape index (κ3) is 2.74. The number of nitrogens with one attached hydrogen (secondary N) is 2. The van der Waals surface area contributed by atoms with Crippen molar-refractivity contribution < 1.29 is 9.53 Å². The molecule has 0 radical (unpaired) electrons. The summed E-state index contributed by atoms with van der Waals surface area (Å²) >= 11 is 0. The second-order valence-corrected chi connectivity index (χ2v) is 7.05. The molecule has 0 saturated heterocycles. The third-order valence-electron chi connectivity index (χ3n) is 5.38. The van der Waals surface area contributed by atoms with Gasteiger partial charge in [0.2, 0.25) is 0 Å². The average Bonchev–Trinajstić information content (AvgIpc) is 3.39. The molecule has 1 aliphatic rings. The first kappa shape index (κ1) is 16.6. The van der Waals surface area contributed by atoms with Gasteiger partial charge in [-0.3, -0.25) is 4.79 Å². The van der Waals surface area contributed by atoms with Crippen LogP contribution in [0.4, 0.5) is 0 Å². The maximum absolute atomic E-state index is 13.3. The minimum atomic E-state index is -0.0173. The number of H-pyrrole nitrogens is 2. The SMILES string of the molecule is COc1ccc2[nH]c(C(=O)N3Cc4[nH]cnc4C(c4ccccc4)C3)cc2c1. The maximum Gasteiger partial charge on any atom is 0.270 e. The number of aromatic amines is 2. The third-order valence-corrected chi connectivity index (χ3v) is 5.38. The van der Waals surface area contributed by atoms with Gasteiger partial charge in [0.1, 0.15) is 11.4 Å². The number of nitrogens with zero attached hydrogens (tertiary/aromatic N) is 2. The van der Waals surface area contributed by atoms with Crippen molar-refractivity contribution in [2.75, 3.05) is 13.7 Å². The first-order valence-corrected chi connectivity index (χ1v) is 9.26. The summed E-state index contributed by atoms with van der Waals surface area (Å²) in [5.41, 5.74) is 4.68. The van der Waals surface area contributed by atoms with Gasteiger partial charge in [-0.05, 0) is 29.8 Å². The molecule has 0 saturated carbocycles. The van der Waals surface area contributed by atoms with Gasteiger partial charge in [-0.1, -0.05) is 30.3 Å². The lowest BCUT2D eigenvalue weighted by atomic mass is 9.91. The van der Waals surface area contributed by atoms with E-state index in [9.17, 15) is 4.79 Å². The molecule has 0 aliphatic carbocycles. The Balaban J connectivity index is 1.49. The van der Waals surface area contributed by atoms with Gasteiger partial charge in [0.15, 0.2) is 0 Å². The number of methoxy groups -OCH3 is 1. The van der Waals surface area contributed by atoms with Crippen molar-refractivity contribution in [3.05, 3.63) is 83.6 Å². The summed E-state index contributed by atoms with van der Waals surface area (Å²) in [5, 5.41) is 0.960. The van der Waals surface area contributed by atoms with Crippen LogP contribution in [-0.2, 0) is 6.54 Å². The number of fused-ring (bicyclic) bond motifs is 2. The zero-order valence-corrected chi connectivity index (χ0v) is 15.5. The van der Waals surface area contributed by atoms with E-state index >= 15 is 0 Å². The van der Waals surface area contributed by atoms with Crippen molar-refractivity contribution in [1.82, 2.24) is 19.9 Å². The molecule has 140 valence electrons. The highest BCUT2D eigenvalue weighted by molar-refractivity contribution is 5.98. The normalized spacial score (nSPS) is 16.2. The molecule has 4 aromatic rings. The Morgan fingerprint density at radius 2 is 2.04 bits per heavy atom. The van der Waals surface area contributed by atoms with Crippen molar-refractivity contribution in [3.8, 4) is 5.75 Å². The van der Waals surface area contributed by atoms with Crippen LogP contribution in [0.2, 0.25) is 0 Å². The number of amides is 1. The fraction of sp³-hybridized carbons (Fsp3) is 0.182. The van der Waals surface area contributed by atoms with E-state index in [2.05, 4.69) is 27.1 Å². The fourth-order valence-corrected chi connectivity index (χ4v) is 3.95. The van der Waals surface area contributed by atoms with E-state index in [-0.39, 0.29) is 11.8 Å². The number of aromatic nitrogens is 3. The number of carbonyl (C=O) groups excluding carboxylic acids is 1. The molecule has 1 aliphatic heterocycles. The van der Waals surface area contributed by atoms with Crippen LogP contribution in [0.3, 0.4) is 0 Å². The lowest BCUT2D eigenvalue weighted by Gasteiger charge is -2.32. The number of carbonyl (C=O) groups is 1. The lowest BCUT2D eigenvalue weighted by Crippen LogP contribution is -2.38. The molecule has 2 N–H and O–H groups in total. The molecule has 0 spiro atoms. The molecule has 28 heavy (non-hydrogen) atoms. The topological polar surface area (TPSA) is 74.0 Å². The van der Waals surface area contributed by atoms with Crippen LogP contribution in [0.5, 0.6) is 5.75 Å². The van der Waals surface area contributed by atoms with Crippen molar-refractivity contribution in [1.29, 1.82) is 0 Å². The predicted octanol–water partition coefficient (Wildman–Crippen LogP) is 3.69.